The maximum atomic E-state index is 12.7. The van der Waals surface area contributed by atoms with Gasteiger partial charge in [0.2, 0.25) is 0 Å². The Balaban J connectivity index is 2.67. The first kappa shape index (κ1) is 13.6. The lowest BCUT2D eigenvalue weighted by atomic mass is 9.96. The van der Waals surface area contributed by atoms with E-state index in [1.165, 1.54) is 6.07 Å². The molecule has 0 bridgehead atoms. The zero-order chi connectivity index (χ0) is 13.5. The number of aromatic nitrogens is 4. The van der Waals surface area contributed by atoms with Gasteiger partial charge in [-0.1, -0.05) is 43.4 Å². The molecule has 0 aliphatic rings. The fourth-order valence-corrected chi connectivity index (χ4v) is 1.98. The third kappa shape index (κ3) is 2.45. The third-order valence-electron chi connectivity index (χ3n) is 2.43. The zero-order valence-corrected chi connectivity index (χ0v) is 12.4. The summed E-state index contributed by atoms with van der Waals surface area (Å²) < 4.78 is 27.5. The monoisotopic (exact) mass is 366 g/mol. The van der Waals surface area contributed by atoms with Crippen molar-refractivity contribution in [3.8, 4) is 0 Å². The van der Waals surface area contributed by atoms with Crippen molar-refractivity contribution >= 4 is 28.2 Å². The summed E-state index contributed by atoms with van der Waals surface area (Å²) in [4.78, 5) is 8.23. The summed E-state index contributed by atoms with van der Waals surface area (Å²) in [5.74, 6) is 1.12. The van der Waals surface area contributed by atoms with E-state index in [1.807, 2.05) is 20.8 Å². The Bertz CT molecular complexity index is 574. The summed E-state index contributed by atoms with van der Waals surface area (Å²) in [5, 5.41) is 4.35. The fourth-order valence-electron chi connectivity index (χ4n) is 1.48. The fraction of sp³-hybridized carbons (Fsp3) is 0.545. The van der Waals surface area contributed by atoms with Crippen LogP contribution in [0.1, 0.15) is 44.5 Å². The van der Waals surface area contributed by atoms with Gasteiger partial charge < -0.3 is 0 Å². The smallest absolute Gasteiger partial charge is 0.231 e. The van der Waals surface area contributed by atoms with Gasteiger partial charge in [0.05, 0.1) is 4.43 Å². The molecule has 4 nitrogen and oxygen atoms in total. The van der Waals surface area contributed by atoms with Crippen molar-refractivity contribution in [2.75, 3.05) is 0 Å². The molecule has 0 saturated carbocycles. The topological polar surface area (TPSA) is 43.1 Å². The van der Waals surface area contributed by atoms with Gasteiger partial charge in [-0.3, -0.25) is 0 Å². The zero-order valence-electron chi connectivity index (χ0n) is 10.3. The van der Waals surface area contributed by atoms with Crippen LogP contribution in [0, 0.1) is 0 Å². The molecule has 7 heteroatoms. The lowest BCUT2D eigenvalue weighted by Gasteiger charge is -2.11. The molecule has 2 aromatic heterocycles. The first-order valence-electron chi connectivity index (χ1n) is 5.44. The molecule has 0 aliphatic heterocycles. The number of rotatable bonds is 2. The predicted molar refractivity (Wildman–Crippen MR) is 72.2 cm³/mol. The molecule has 0 unspecified atom stereocenters. The molecule has 0 amide bonds. The van der Waals surface area contributed by atoms with Crippen LogP contribution >= 0.6 is 22.6 Å². The molecule has 0 aliphatic carbocycles. The summed E-state index contributed by atoms with van der Waals surface area (Å²) in [6, 6.07) is 1.29. The lowest BCUT2D eigenvalue weighted by molar-refractivity contribution is 0.145. The summed E-state index contributed by atoms with van der Waals surface area (Å²) >= 11 is 2.08. The van der Waals surface area contributed by atoms with Gasteiger partial charge in [-0.05, 0) is 0 Å². The van der Waals surface area contributed by atoms with Crippen molar-refractivity contribution in [2.45, 2.75) is 37.0 Å². The standard InChI is InChI=1S/C11H13F2IN4/c1-11(2,3)10-16-7-4-6(9(12)13)15-8(5-14)18(7)17-10/h4,9H,5H2,1-3H3. The number of halogens is 3. The molecule has 98 valence electrons. The van der Waals surface area contributed by atoms with Crippen LogP contribution in [0.4, 0.5) is 8.78 Å². The predicted octanol–water partition coefficient (Wildman–Crippen LogP) is 3.29. The quantitative estimate of drug-likeness (QED) is 0.605. The molecule has 2 heterocycles. The van der Waals surface area contributed by atoms with Crippen LogP contribution in [0.25, 0.3) is 5.65 Å². The van der Waals surface area contributed by atoms with Gasteiger partial charge >= 0.3 is 0 Å². The van der Waals surface area contributed by atoms with Gasteiger partial charge in [-0.25, -0.2) is 18.7 Å². The van der Waals surface area contributed by atoms with Crippen LogP contribution in [-0.4, -0.2) is 19.6 Å². The first-order chi connectivity index (χ1) is 8.32. The Labute approximate surface area is 117 Å². The molecule has 2 rings (SSSR count). The summed E-state index contributed by atoms with van der Waals surface area (Å²) in [5.41, 5.74) is -0.0431. The highest BCUT2D eigenvalue weighted by Crippen LogP contribution is 2.23. The van der Waals surface area contributed by atoms with Gasteiger partial charge in [0, 0.05) is 11.5 Å². The Morgan fingerprint density at radius 1 is 1.33 bits per heavy atom. The van der Waals surface area contributed by atoms with E-state index in [0.29, 0.717) is 21.7 Å². The maximum absolute atomic E-state index is 12.7. The van der Waals surface area contributed by atoms with Crippen molar-refractivity contribution in [2.24, 2.45) is 0 Å². The van der Waals surface area contributed by atoms with E-state index in [9.17, 15) is 8.78 Å². The minimum atomic E-state index is -2.59. The van der Waals surface area contributed by atoms with Crippen LogP contribution in [-0.2, 0) is 9.84 Å². The number of fused-ring (bicyclic) bond motifs is 1. The molecule has 0 spiro atoms. The van der Waals surface area contributed by atoms with Crippen molar-refractivity contribution in [3.63, 3.8) is 0 Å². The first-order valence-corrected chi connectivity index (χ1v) is 6.96. The van der Waals surface area contributed by atoms with Gasteiger partial charge in [-0.2, -0.15) is 4.52 Å². The molecule has 18 heavy (non-hydrogen) atoms. The number of hydrogen-bond donors (Lipinski definition) is 0. The normalized spacial score (nSPS) is 12.6. The average Bonchev–Trinajstić information content (AvgIpc) is 2.70. The number of nitrogens with zero attached hydrogens (tertiary/aromatic N) is 4. The second-order valence-electron chi connectivity index (χ2n) is 4.99. The second kappa shape index (κ2) is 4.67. The Morgan fingerprint density at radius 3 is 2.50 bits per heavy atom. The van der Waals surface area contributed by atoms with E-state index >= 15 is 0 Å². The minimum absolute atomic E-state index is 0.223. The maximum Gasteiger partial charge on any atom is 0.280 e. The second-order valence-corrected chi connectivity index (χ2v) is 5.75. The van der Waals surface area contributed by atoms with Crippen LogP contribution in [0.2, 0.25) is 0 Å². The third-order valence-corrected chi connectivity index (χ3v) is 3.11. The van der Waals surface area contributed by atoms with Gasteiger partial charge in [0.15, 0.2) is 11.5 Å². The van der Waals surface area contributed by atoms with Crippen molar-refractivity contribution in [1.82, 2.24) is 19.6 Å². The van der Waals surface area contributed by atoms with Gasteiger partial charge in [0.25, 0.3) is 6.43 Å². The lowest BCUT2D eigenvalue weighted by Crippen LogP contribution is -2.13. The molecular formula is C11H13F2IN4. The summed E-state index contributed by atoms with van der Waals surface area (Å²) in [7, 11) is 0. The molecular weight excluding hydrogens is 353 g/mol. The van der Waals surface area contributed by atoms with Gasteiger partial charge in [-0.15, -0.1) is 5.10 Å². The largest absolute Gasteiger partial charge is 0.280 e. The van der Waals surface area contributed by atoms with Crippen LogP contribution < -0.4 is 0 Å². The van der Waals surface area contributed by atoms with E-state index < -0.39 is 6.43 Å². The van der Waals surface area contributed by atoms with Crippen LogP contribution in [0.3, 0.4) is 0 Å². The Hall–Kier alpha value is -0.860. The Kier molecular flexibility index (Phi) is 3.52. The number of hydrogen-bond acceptors (Lipinski definition) is 3. The molecule has 2 aromatic rings. The molecule has 0 aromatic carbocycles. The molecule has 0 N–H and O–H groups in total. The van der Waals surface area contributed by atoms with E-state index in [-0.39, 0.29) is 11.1 Å². The number of alkyl halides is 3. The van der Waals surface area contributed by atoms with Crippen molar-refractivity contribution < 1.29 is 8.78 Å². The highest BCUT2D eigenvalue weighted by Gasteiger charge is 2.22. The molecule has 0 fully saturated rings. The van der Waals surface area contributed by atoms with Crippen molar-refractivity contribution in [1.29, 1.82) is 0 Å². The minimum Gasteiger partial charge on any atom is -0.231 e. The summed E-state index contributed by atoms with van der Waals surface area (Å²) in [6.45, 7) is 5.94. The van der Waals surface area contributed by atoms with Crippen molar-refractivity contribution in [3.05, 3.63) is 23.4 Å². The summed E-state index contributed by atoms with van der Waals surface area (Å²) in [6.07, 6.45) is -2.59. The highest BCUT2D eigenvalue weighted by atomic mass is 127. The SMILES string of the molecule is CC(C)(C)c1nc2cc(C(F)F)nc(CI)n2n1. The van der Waals surface area contributed by atoms with Gasteiger partial charge in [0.1, 0.15) is 11.5 Å². The highest BCUT2D eigenvalue weighted by molar-refractivity contribution is 14.1. The van der Waals surface area contributed by atoms with E-state index in [0.717, 1.165) is 0 Å². The van der Waals surface area contributed by atoms with Crippen LogP contribution in [0.5, 0.6) is 0 Å². The van der Waals surface area contributed by atoms with E-state index in [1.54, 1.807) is 4.52 Å². The average molecular weight is 366 g/mol. The molecule has 0 radical (unpaired) electrons. The van der Waals surface area contributed by atoms with E-state index in [2.05, 4.69) is 37.7 Å². The molecule has 0 atom stereocenters. The van der Waals surface area contributed by atoms with Crippen LogP contribution in [0.15, 0.2) is 6.07 Å². The Morgan fingerprint density at radius 2 is 2.00 bits per heavy atom. The molecule has 0 saturated heterocycles. The van der Waals surface area contributed by atoms with E-state index in [4.69, 9.17) is 0 Å².